The zero-order valence-corrected chi connectivity index (χ0v) is 6.71. The average molecular weight is 177 g/mol. The summed E-state index contributed by atoms with van der Waals surface area (Å²) in [7, 11) is 0. The second-order valence-electron chi connectivity index (χ2n) is 2.16. The Morgan fingerprint density at radius 3 is 1.77 bits per heavy atom. The molecule has 0 aromatic carbocycles. The molecule has 0 spiro atoms. The highest BCUT2D eigenvalue weighted by Crippen LogP contribution is 1.90. The van der Waals surface area contributed by atoms with E-state index in [1.165, 1.54) is 30.6 Å². The maximum atomic E-state index is 10.3. The van der Waals surface area contributed by atoms with Crippen molar-refractivity contribution in [1.29, 1.82) is 0 Å². The summed E-state index contributed by atoms with van der Waals surface area (Å²) in [6.45, 7) is 0. The van der Waals surface area contributed by atoms with Gasteiger partial charge in [0.05, 0.1) is 6.20 Å². The Kier molecular flexibility index (Phi) is 3.38. The van der Waals surface area contributed by atoms with Crippen molar-refractivity contribution < 1.29 is 14.1 Å². The van der Waals surface area contributed by atoms with Crippen molar-refractivity contribution in [3.8, 4) is 0 Å². The molecular weight excluding hydrogens is 170 g/mol. The van der Waals surface area contributed by atoms with Gasteiger partial charge in [0, 0.05) is 0 Å². The first-order valence-electron chi connectivity index (χ1n) is 3.57. The second kappa shape index (κ2) is 4.82. The molecule has 2 rings (SSSR count). The Morgan fingerprint density at radius 1 is 1.00 bits per heavy atom. The van der Waals surface area contributed by atoms with E-state index in [2.05, 4.69) is 9.68 Å². The van der Waals surface area contributed by atoms with Gasteiger partial charge in [-0.3, -0.25) is 9.59 Å². The second-order valence-corrected chi connectivity index (χ2v) is 2.16. The van der Waals surface area contributed by atoms with Crippen LogP contribution in [0.3, 0.4) is 0 Å². The van der Waals surface area contributed by atoms with E-state index in [1.807, 2.05) is 0 Å². The number of ketones is 2. The lowest BCUT2D eigenvalue weighted by Crippen LogP contribution is -1.97. The van der Waals surface area contributed by atoms with Crippen LogP contribution in [0.25, 0.3) is 0 Å². The van der Waals surface area contributed by atoms with Gasteiger partial charge < -0.3 is 4.52 Å². The van der Waals surface area contributed by atoms with Crippen LogP contribution in [-0.2, 0) is 9.59 Å². The molecule has 0 amide bonds. The first-order valence-corrected chi connectivity index (χ1v) is 3.57. The minimum absolute atomic E-state index is 0.121. The maximum absolute atomic E-state index is 10.3. The van der Waals surface area contributed by atoms with Crippen LogP contribution in [0.2, 0.25) is 0 Å². The van der Waals surface area contributed by atoms with Gasteiger partial charge in [0.2, 0.25) is 0 Å². The number of nitrogens with zero attached hydrogens (tertiary/aromatic N) is 1. The lowest BCUT2D eigenvalue weighted by molar-refractivity contribution is -0.113. The molecule has 0 bridgehead atoms. The van der Waals surface area contributed by atoms with E-state index >= 15 is 0 Å². The Bertz CT molecular complexity index is 281. The zero-order valence-electron chi connectivity index (χ0n) is 6.71. The fraction of sp³-hybridized carbons (Fsp3) is 0. The van der Waals surface area contributed by atoms with Crippen LogP contribution in [-0.4, -0.2) is 16.7 Å². The molecule has 4 nitrogen and oxygen atoms in total. The highest BCUT2D eigenvalue weighted by atomic mass is 16.5. The van der Waals surface area contributed by atoms with E-state index in [9.17, 15) is 9.59 Å². The third-order valence-corrected chi connectivity index (χ3v) is 1.17. The summed E-state index contributed by atoms with van der Waals surface area (Å²) in [6, 6.07) is 1.72. The number of allylic oxidation sites excluding steroid dienone is 4. The van der Waals surface area contributed by atoms with Crippen molar-refractivity contribution in [2.45, 2.75) is 0 Å². The molecule has 0 fully saturated rings. The van der Waals surface area contributed by atoms with Crippen LogP contribution in [0.1, 0.15) is 0 Å². The third-order valence-electron chi connectivity index (χ3n) is 1.17. The predicted molar refractivity (Wildman–Crippen MR) is 44.8 cm³/mol. The minimum Gasteiger partial charge on any atom is -0.365 e. The lowest BCUT2D eigenvalue weighted by atomic mass is 10.2. The normalized spacial score (nSPS) is 13.8. The van der Waals surface area contributed by atoms with E-state index in [1.54, 1.807) is 12.3 Å². The number of rotatable bonds is 0. The quantitative estimate of drug-likeness (QED) is 0.553. The summed E-state index contributed by atoms with van der Waals surface area (Å²) in [5.41, 5.74) is 0. The molecule has 1 aromatic rings. The van der Waals surface area contributed by atoms with Crippen molar-refractivity contribution in [2.24, 2.45) is 0 Å². The largest absolute Gasteiger partial charge is 0.365 e. The van der Waals surface area contributed by atoms with Crippen LogP contribution < -0.4 is 0 Å². The molecule has 13 heavy (non-hydrogen) atoms. The smallest absolute Gasteiger partial charge is 0.178 e. The van der Waals surface area contributed by atoms with Crippen molar-refractivity contribution in [2.75, 3.05) is 0 Å². The molecule has 66 valence electrons. The molecule has 0 saturated heterocycles. The fourth-order valence-corrected chi connectivity index (χ4v) is 0.615. The summed E-state index contributed by atoms with van der Waals surface area (Å²) in [5, 5.41) is 3.35. The number of carbonyl (C=O) groups excluding carboxylic acids is 2. The van der Waals surface area contributed by atoms with Crippen molar-refractivity contribution in [3.63, 3.8) is 0 Å². The van der Waals surface area contributed by atoms with Crippen LogP contribution in [0.15, 0.2) is 47.4 Å². The molecular formula is C9H7NO3. The standard InChI is InChI=1S/C6H4O2.C3H3NO/c7-5-1-2-6(8)4-3-5;1-2-4-5-3-1/h1-4H;1-3H. The van der Waals surface area contributed by atoms with Gasteiger partial charge in [-0.15, -0.1) is 0 Å². The van der Waals surface area contributed by atoms with Gasteiger partial charge >= 0.3 is 0 Å². The molecule has 4 heteroatoms. The van der Waals surface area contributed by atoms with Crippen LogP contribution in [0.5, 0.6) is 0 Å². The summed E-state index contributed by atoms with van der Waals surface area (Å²) in [5.74, 6) is -0.241. The molecule has 0 unspecified atom stereocenters. The molecule has 1 aromatic heterocycles. The Morgan fingerprint density at radius 2 is 1.54 bits per heavy atom. The molecule has 0 N–H and O–H groups in total. The molecule has 0 saturated carbocycles. The van der Waals surface area contributed by atoms with Gasteiger partial charge in [0.15, 0.2) is 11.6 Å². The third kappa shape index (κ3) is 3.81. The van der Waals surface area contributed by atoms with Crippen LogP contribution >= 0.6 is 0 Å². The first-order chi connectivity index (χ1) is 6.29. The van der Waals surface area contributed by atoms with E-state index in [-0.39, 0.29) is 11.6 Å². The molecule has 1 aliphatic rings. The summed E-state index contributed by atoms with van der Waals surface area (Å²) in [4.78, 5) is 20.6. The molecule has 0 atom stereocenters. The Labute approximate surface area is 74.5 Å². The van der Waals surface area contributed by atoms with Crippen molar-refractivity contribution >= 4 is 11.6 Å². The molecule has 0 aliphatic heterocycles. The first kappa shape index (κ1) is 9.12. The number of aromatic nitrogens is 1. The fourth-order valence-electron chi connectivity index (χ4n) is 0.615. The topological polar surface area (TPSA) is 60.2 Å². The minimum atomic E-state index is -0.121. The average Bonchev–Trinajstić information content (AvgIpc) is 2.68. The van der Waals surface area contributed by atoms with Crippen molar-refractivity contribution in [1.82, 2.24) is 5.16 Å². The van der Waals surface area contributed by atoms with Gasteiger partial charge in [0.25, 0.3) is 0 Å². The lowest BCUT2D eigenvalue weighted by Gasteiger charge is -1.87. The van der Waals surface area contributed by atoms with Gasteiger partial charge in [-0.1, -0.05) is 5.16 Å². The Hall–Kier alpha value is -1.97. The van der Waals surface area contributed by atoms with Gasteiger partial charge in [-0.25, -0.2) is 0 Å². The highest BCUT2D eigenvalue weighted by Gasteiger charge is 1.97. The number of carbonyl (C=O) groups is 2. The summed E-state index contributed by atoms with van der Waals surface area (Å²) in [6.07, 6.45) is 8.11. The highest BCUT2D eigenvalue weighted by molar-refractivity contribution is 6.14. The maximum Gasteiger partial charge on any atom is 0.178 e. The molecule has 0 radical (unpaired) electrons. The summed E-state index contributed by atoms with van der Waals surface area (Å²) >= 11 is 0. The molecule has 1 aliphatic carbocycles. The predicted octanol–water partition coefficient (Wildman–Crippen LogP) is 0.925. The SMILES string of the molecule is O=C1C=CC(=O)C=C1.c1cnoc1. The van der Waals surface area contributed by atoms with Gasteiger partial charge in [-0.05, 0) is 30.4 Å². The van der Waals surface area contributed by atoms with E-state index < -0.39 is 0 Å². The van der Waals surface area contributed by atoms with Crippen molar-refractivity contribution in [3.05, 3.63) is 42.8 Å². The van der Waals surface area contributed by atoms with E-state index in [0.717, 1.165) is 0 Å². The monoisotopic (exact) mass is 177 g/mol. The molecule has 1 heterocycles. The van der Waals surface area contributed by atoms with Crippen LogP contribution in [0.4, 0.5) is 0 Å². The van der Waals surface area contributed by atoms with Gasteiger partial charge in [0.1, 0.15) is 6.26 Å². The number of hydrogen-bond acceptors (Lipinski definition) is 4. The van der Waals surface area contributed by atoms with Crippen LogP contribution in [0, 0.1) is 0 Å². The summed E-state index contributed by atoms with van der Waals surface area (Å²) < 4.78 is 4.33. The van der Waals surface area contributed by atoms with E-state index in [4.69, 9.17) is 0 Å². The van der Waals surface area contributed by atoms with E-state index in [0.29, 0.717) is 0 Å². The zero-order chi connectivity index (χ0) is 9.52. The Balaban J connectivity index is 0.000000145. The van der Waals surface area contributed by atoms with Gasteiger partial charge in [-0.2, -0.15) is 0 Å². The number of hydrogen-bond donors (Lipinski definition) is 0.